The highest BCUT2D eigenvalue weighted by atomic mass is 16.6. The lowest BCUT2D eigenvalue weighted by Crippen LogP contribution is -2.59. The fourth-order valence-electron chi connectivity index (χ4n) is 12.9. The van der Waals surface area contributed by atoms with Gasteiger partial charge in [0.15, 0.2) is 0 Å². The van der Waals surface area contributed by atoms with Gasteiger partial charge in [0.2, 0.25) is 0 Å². The second-order valence-corrected chi connectivity index (χ2v) is 27.9. The van der Waals surface area contributed by atoms with Crippen molar-refractivity contribution in [3.63, 3.8) is 0 Å². The quantitative estimate of drug-likeness (QED) is 0.0470. The third-order valence-electron chi connectivity index (χ3n) is 18.5. The Morgan fingerprint density at radius 2 is 0.506 bits per heavy atom. The van der Waals surface area contributed by atoms with Gasteiger partial charge in [-0.2, -0.15) is 0 Å². The molecule has 0 aliphatic carbocycles. The monoisotopic (exact) mass is 1120 g/mol. The first-order chi connectivity index (χ1) is 38.5. The Hall–Kier alpha value is -0.610. The van der Waals surface area contributed by atoms with Crippen LogP contribution in [0.4, 0.5) is 0 Å². The molecule has 474 valence electrons. The van der Waals surface area contributed by atoms with Crippen molar-refractivity contribution in [2.24, 2.45) is 17.8 Å². The van der Waals surface area contributed by atoms with Gasteiger partial charge in [-0.25, -0.2) is 0 Å². The molecule has 0 saturated heterocycles. The van der Waals surface area contributed by atoms with E-state index in [1.807, 2.05) is 0 Å². The molecule has 0 saturated carbocycles. The zero-order valence-electron chi connectivity index (χ0n) is 55.8. The number of esters is 1. The fraction of sp³-hybridized carbons (Fsp3) is 0.987. The van der Waals surface area contributed by atoms with Crippen LogP contribution in [0.1, 0.15) is 440 Å². The molecule has 2 N–H and O–H groups in total. The van der Waals surface area contributed by atoms with E-state index in [2.05, 4.69) is 48.5 Å². The molecule has 1 unspecified atom stereocenters. The van der Waals surface area contributed by atoms with Crippen LogP contribution in [-0.2, 0) is 9.53 Å². The number of carbonyl (C=O) groups excluding carboxylic acids is 1. The third kappa shape index (κ3) is 53.8. The van der Waals surface area contributed by atoms with Crippen molar-refractivity contribution >= 4 is 5.97 Å². The summed E-state index contributed by atoms with van der Waals surface area (Å²) >= 11 is 0. The number of aliphatic hydroxyl groups excluding tert-OH is 1. The van der Waals surface area contributed by atoms with Crippen LogP contribution in [0.5, 0.6) is 0 Å². The summed E-state index contributed by atoms with van der Waals surface area (Å²) in [6.45, 7) is 16.0. The first kappa shape index (κ1) is 78.4. The minimum atomic E-state index is -1.41. The van der Waals surface area contributed by atoms with E-state index in [1.54, 1.807) is 0 Å². The summed E-state index contributed by atoms with van der Waals surface area (Å²) < 4.78 is 6.79. The number of hydrogen-bond donors (Lipinski definition) is 2. The van der Waals surface area contributed by atoms with Crippen LogP contribution < -0.4 is 0 Å². The van der Waals surface area contributed by atoms with Crippen LogP contribution in [0, 0.1) is 17.8 Å². The first-order valence-corrected chi connectivity index (χ1v) is 37.1. The number of aliphatic hydroxyl groups is 2. The van der Waals surface area contributed by atoms with Crippen molar-refractivity contribution in [2.75, 3.05) is 6.61 Å². The Bertz CT molecular complexity index is 1140. The SMILES string of the molecule is CCCCCCCCCCCCCCCCCC(=O)OC(CCCCCCCCCCCCCCCC(C)C)(CCCCCCCCCCCCCCCC(C)C)C(O)(CO)CCCCCCCCCCCCCCCC(C)C. The van der Waals surface area contributed by atoms with Gasteiger partial charge in [-0.05, 0) is 56.3 Å². The summed E-state index contributed by atoms with van der Waals surface area (Å²) in [5.74, 6) is 2.38. The molecular formula is C75H150O4. The highest BCUT2D eigenvalue weighted by Gasteiger charge is 2.52. The van der Waals surface area contributed by atoms with Gasteiger partial charge in [-0.1, -0.05) is 395 Å². The molecule has 0 aromatic heterocycles. The molecule has 0 rings (SSSR count). The van der Waals surface area contributed by atoms with E-state index in [4.69, 9.17) is 4.74 Å². The van der Waals surface area contributed by atoms with Crippen molar-refractivity contribution in [3.8, 4) is 0 Å². The van der Waals surface area contributed by atoms with E-state index in [9.17, 15) is 15.0 Å². The Balaban J connectivity index is 5.46. The smallest absolute Gasteiger partial charge is 0.306 e. The Kier molecular flexibility index (Phi) is 60.0. The van der Waals surface area contributed by atoms with Gasteiger partial charge in [0.25, 0.3) is 0 Å². The molecule has 0 bridgehead atoms. The lowest BCUT2D eigenvalue weighted by Gasteiger charge is -2.46. The van der Waals surface area contributed by atoms with E-state index in [1.165, 1.54) is 315 Å². The van der Waals surface area contributed by atoms with Gasteiger partial charge in [0.1, 0.15) is 11.2 Å². The lowest BCUT2D eigenvalue weighted by atomic mass is 9.72. The normalized spacial score (nSPS) is 13.0. The van der Waals surface area contributed by atoms with Crippen LogP contribution in [0.15, 0.2) is 0 Å². The maximum absolute atomic E-state index is 14.1. The molecule has 79 heavy (non-hydrogen) atoms. The summed E-state index contributed by atoms with van der Waals surface area (Å²) in [7, 11) is 0. The zero-order chi connectivity index (χ0) is 57.9. The first-order valence-electron chi connectivity index (χ1n) is 37.1. The Morgan fingerprint density at radius 3 is 0.734 bits per heavy atom. The Morgan fingerprint density at radius 1 is 0.304 bits per heavy atom. The van der Waals surface area contributed by atoms with Gasteiger partial charge in [-0.15, -0.1) is 0 Å². The fourth-order valence-corrected chi connectivity index (χ4v) is 12.9. The number of ether oxygens (including phenoxy) is 1. The molecule has 1 atom stereocenters. The van der Waals surface area contributed by atoms with Crippen molar-refractivity contribution in [3.05, 3.63) is 0 Å². The molecule has 0 amide bonds. The summed E-state index contributed by atoms with van der Waals surface area (Å²) in [5.41, 5.74) is -2.43. The third-order valence-corrected chi connectivity index (χ3v) is 18.5. The Labute approximate surface area is 499 Å². The number of rotatable bonds is 67. The maximum atomic E-state index is 14.1. The minimum Gasteiger partial charge on any atom is -0.456 e. The molecule has 0 radical (unpaired) electrons. The number of hydrogen-bond acceptors (Lipinski definition) is 4. The summed E-state index contributed by atoms with van der Waals surface area (Å²) in [4.78, 5) is 14.1. The molecule has 0 aliphatic heterocycles. The average molecular weight is 1120 g/mol. The molecule has 0 aliphatic rings. The van der Waals surface area contributed by atoms with Crippen molar-refractivity contribution in [2.45, 2.75) is 451 Å². The molecule has 0 aromatic carbocycles. The van der Waals surface area contributed by atoms with Crippen molar-refractivity contribution in [1.29, 1.82) is 0 Å². The standard InChI is InChI=1S/C75H150O4/c1-8-9-10-11-12-13-14-15-16-23-30-37-44-51-58-65-73(77)79-75(67-60-53-46-39-32-25-18-21-28-35-42-49-56-63-71(4)5,68-61-54-47-40-33-26-19-22-29-36-43-50-57-64-72(6)7)74(78,69-76)66-59-52-45-38-31-24-17-20-27-34-41-48-55-62-70(2)3/h70-72,76,78H,8-69H2,1-7H3. The van der Waals surface area contributed by atoms with Gasteiger partial charge in [0.05, 0.1) is 6.61 Å². The topological polar surface area (TPSA) is 66.8 Å². The largest absolute Gasteiger partial charge is 0.456 e. The van der Waals surface area contributed by atoms with Crippen LogP contribution >= 0.6 is 0 Å². The van der Waals surface area contributed by atoms with Crippen LogP contribution in [-0.4, -0.2) is 34.0 Å². The van der Waals surface area contributed by atoms with Crippen molar-refractivity contribution in [1.82, 2.24) is 0 Å². The zero-order valence-corrected chi connectivity index (χ0v) is 55.8. The van der Waals surface area contributed by atoms with E-state index >= 15 is 0 Å². The van der Waals surface area contributed by atoms with Gasteiger partial charge in [-0.3, -0.25) is 4.79 Å². The van der Waals surface area contributed by atoms with Gasteiger partial charge >= 0.3 is 5.97 Å². The summed E-state index contributed by atoms with van der Waals surface area (Å²) in [6.07, 6.45) is 76.7. The predicted molar refractivity (Wildman–Crippen MR) is 353 cm³/mol. The maximum Gasteiger partial charge on any atom is 0.306 e. The number of unbranched alkanes of at least 4 members (excludes halogenated alkanes) is 50. The highest BCUT2D eigenvalue weighted by molar-refractivity contribution is 5.70. The minimum absolute atomic E-state index is 0.140. The number of carbonyl (C=O) groups is 1. The van der Waals surface area contributed by atoms with E-state index in [0.717, 1.165) is 69.1 Å². The lowest BCUT2D eigenvalue weighted by molar-refractivity contribution is -0.215. The van der Waals surface area contributed by atoms with E-state index in [0.29, 0.717) is 25.7 Å². The molecule has 4 heteroatoms. The average Bonchev–Trinajstić information content (AvgIpc) is 3.43. The summed E-state index contributed by atoms with van der Waals surface area (Å²) in [6, 6.07) is 0. The predicted octanol–water partition coefficient (Wildman–Crippen LogP) is 25.8. The van der Waals surface area contributed by atoms with Crippen LogP contribution in [0.3, 0.4) is 0 Å². The molecule has 0 fully saturated rings. The van der Waals surface area contributed by atoms with Crippen molar-refractivity contribution < 1.29 is 19.7 Å². The molecule has 4 nitrogen and oxygen atoms in total. The van der Waals surface area contributed by atoms with Crippen LogP contribution in [0.2, 0.25) is 0 Å². The second kappa shape index (κ2) is 60.5. The van der Waals surface area contributed by atoms with E-state index < -0.39 is 11.2 Å². The summed E-state index contributed by atoms with van der Waals surface area (Å²) in [5, 5.41) is 24.1. The van der Waals surface area contributed by atoms with E-state index in [-0.39, 0.29) is 12.6 Å². The molecular weight excluding hydrogens is 965 g/mol. The molecule has 0 spiro atoms. The van der Waals surface area contributed by atoms with Crippen LogP contribution in [0.25, 0.3) is 0 Å². The molecule has 0 aromatic rings. The van der Waals surface area contributed by atoms with Gasteiger partial charge in [0, 0.05) is 6.42 Å². The van der Waals surface area contributed by atoms with Gasteiger partial charge < -0.3 is 14.9 Å². The highest BCUT2D eigenvalue weighted by Crippen LogP contribution is 2.41. The molecule has 0 heterocycles. The second-order valence-electron chi connectivity index (χ2n) is 27.9.